The first-order valence-electron chi connectivity index (χ1n) is 7.13. The Morgan fingerprint density at radius 2 is 2.28 bits per heavy atom. The van der Waals surface area contributed by atoms with Gasteiger partial charge >= 0.3 is 0 Å². The van der Waals surface area contributed by atoms with E-state index in [1.807, 2.05) is 6.20 Å². The smallest absolute Gasteiger partial charge is 0.0535 e. The van der Waals surface area contributed by atoms with E-state index in [9.17, 15) is 0 Å². The van der Waals surface area contributed by atoms with Gasteiger partial charge in [0.25, 0.3) is 0 Å². The molecule has 1 aromatic rings. The molecule has 102 valence electrons. The van der Waals surface area contributed by atoms with Gasteiger partial charge in [0.15, 0.2) is 0 Å². The number of aromatic amines is 1. The van der Waals surface area contributed by atoms with Crippen molar-refractivity contribution < 1.29 is 0 Å². The average molecular weight is 250 g/mol. The van der Waals surface area contributed by atoms with Crippen LogP contribution in [0.3, 0.4) is 0 Å². The lowest BCUT2D eigenvalue weighted by Crippen LogP contribution is -2.33. The Balaban J connectivity index is 1.79. The molecular weight excluding hydrogens is 224 g/mol. The predicted octanol–water partition coefficient (Wildman–Crippen LogP) is 2.07. The average Bonchev–Trinajstić information content (AvgIpc) is 2.62. The molecule has 2 heterocycles. The van der Waals surface area contributed by atoms with Gasteiger partial charge in [-0.05, 0) is 53.1 Å². The van der Waals surface area contributed by atoms with Crippen LogP contribution in [0.2, 0.25) is 0 Å². The van der Waals surface area contributed by atoms with Gasteiger partial charge in [0.2, 0.25) is 0 Å². The molecule has 4 heteroatoms. The van der Waals surface area contributed by atoms with E-state index < -0.39 is 0 Å². The summed E-state index contributed by atoms with van der Waals surface area (Å²) in [5.41, 5.74) is 2.47. The van der Waals surface area contributed by atoms with Gasteiger partial charge in [0.1, 0.15) is 0 Å². The Bertz CT molecular complexity index is 358. The predicted molar refractivity (Wildman–Crippen MR) is 74.5 cm³/mol. The molecule has 2 rings (SSSR count). The fourth-order valence-electron chi connectivity index (χ4n) is 2.65. The summed E-state index contributed by atoms with van der Waals surface area (Å²) in [7, 11) is 0. The topological polar surface area (TPSA) is 44.0 Å². The van der Waals surface area contributed by atoms with Crippen molar-refractivity contribution in [1.82, 2.24) is 20.4 Å². The van der Waals surface area contributed by atoms with Crippen molar-refractivity contribution in [3.8, 4) is 0 Å². The fourth-order valence-corrected chi connectivity index (χ4v) is 2.65. The van der Waals surface area contributed by atoms with E-state index in [0.29, 0.717) is 12.1 Å². The van der Waals surface area contributed by atoms with Crippen molar-refractivity contribution in [1.29, 1.82) is 0 Å². The van der Waals surface area contributed by atoms with E-state index in [4.69, 9.17) is 0 Å². The molecule has 1 atom stereocenters. The summed E-state index contributed by atoms with van der Waals surface area (Å²) in [6, 6.07) is 1.34. The van der Waals surface area contributed by atoms with Crippen molar-refractivity contribution in [3.63, 3.8) is 0 Å². The van der Waals surface area contributed by atoms with Crippen LogP contribution in [0.1, 0.15) is 44.4 Å². The highest BCUT2D eigenvalue weighted by molar-refractivity contribution is 5.13. The SMILES string of the molecule is Cc1[nH]ncc1CNC1CCCN(C(C)C)CC1. The zero-order chi connectivity index (χ0) is 13.0. The summed E-state index contributed by atoms with van der Waals surface area (Å²) in [6.07, 6.45) is 5.79. The quantitative estimate of drug-likeness (QED) is 0.860. The van der Waals surface area contributed by atoms with Crippen LogP contribution in [-0.4, -0.2) is 40.3 Å². The van der Waals surface area contributed by atoms with Crippen LogP contribution < -0.4 is 5.32 Å². The van der Waals surface area contributed by atoms with Gasteiger partial charge in [-0.25, -0.2) is 0 Å². The second-order valence-corrected chi connectivity index (χ2v) is 5.66. The molecule has 1 aliphatic heterocycles. The maximum absolute atomic E-state index is 4.07. The normalized spacial score (nSPS) is 22.3. The van der Waals surface area contributed by atoms with Crippen molar-refractivity contribution in [3.05, 3.63) is 17.5 Å². The molecule has 1 saturated heterocycles. The lowest BCUT2D eigenvalue weighted by atomic mass is 10.1. The molecule has 0 aliphatic carbocycles. The number of nitrogens with one attached hydrogen (secondary N) is 2. The minimum atomic E-state index is 0.656. The van der Waals surface area contributed by atoms with Crippen LogP contribution in [0.4, 0.5) is 0 Å². The maximum atomic E-state index is 4.07. The van der Waals surface area contributed by atoms with Crippen LogP contribution in [0.15, 0.2) is 6.20 Å². The van der Waals surface area contributed by atoms with E-state index in [1.165, 1.54) is 43.6 Å². The molecule has 4 nitrogen and oxygen atoms in total. The fraction of sp³-hybridized carbons (Fsp3) is 0.786. The third-order valence-electron chi connectivity index (χ3n) is 4.01. The van der Waals surface area contributed by atoms with Gasteiger partial charge in [0.05, 0.1) is 6.20 Å². The van der Waals surface area contributed by atoms with Gasteiger partial charge in [0, 0.05) is 29.9 Å². The molecule has 18 heavy (non-hydrogen) atoms. The van der Waals surface area contributed by atoms with Crippen LogP contribution in [0, 0.1) is 6.92 Å². The lowest BCUT2D eigenvalue weighted by Gasteiger charge is -2.24. The number of hydrogen-bond acceptors (Lipinski definition) is 3. The zero-order valence-electron chi connectivity index (χ0n) is 11.9. The molecule has 2 N–H and O–H groups in total. The first-order chi connectivity index (χ1) is 8.66. The Hall–Kier alpha value is -0.870. The third kappa shape index (κ3) is 3.56. The van der Waals surface area contributed by atoms with E-state index in [1.54, 1.807) is 0 Å². The summed E-state index contributed by atoms with van der Waals surface area (Å²) < 4.78 is 0. The largest absolute Gasteiger partial charge is 0.310 e. The third-order valence-corrected chi connectivity index (χ3v) is 4.01. The molecule has 0 aromatic carbocycles. The first-order valence-corrected chi connectivity index (χ1v) is 7.13. The molecule has 1 fully saturated rings. The number of hydrogen-bond donors (Lipinski definition) is 2. The number of aryl methyl sites for hydroxylation is 1. The molecule has 1 aliphatic rings. The Kier molecular flexibility index (Phi) is 4.78. The summed E-state index contributed by atoms with van der Waals surface area (Å²) in [6.45, 7) is 10.1. The number of nitrogens with zero attached hydrogens (tertiary/aromatic N) is 2. The molecule has 1 unspecified atom stereocenters. The lowest BCUT2D eigenvalue weighted by molar-refractivity contribution is 0.229. The second-order valence-electron chi connectivity index (χ2n) is 5.66. The standard InChI is InChI=1S/C14H26N4/c1-11(2)18-7-4-5-14(6-8-18)15-9-13-10-16-17-12(13)3/h10-11,14-15H,4-9H2,1-3H3,(H,16,17). The maximum Gasteiger partial charge on any atom is 0.0535 e. The monoisotopic (exact) mass is 250 g/mol. The van der Waals surface area contributed by atoms with E-state index in [-0.39, 0.29) is 0 Å². The summed E-state index contributed by atoms with van der Waals surface area (Å²) in [4.78, 5) is 2.59. The highest BCUT2D eigenvalue weighted by Gasteiger charge is 2.18. The minimum Gasteiger partial charge on any atom is -0.310 e. The van der Waals surface area contributed by atoms with Crippen molar-refractivity contribution in [2.75, 3.05) is 13.1 Å². The highest BCUT2D eigenvalue weighted by atomic mass is 15.2. The molecule has 0 saturated carbocycles. The van der Waals surface area contributed by atoms with Crippen molar-refractivity contribution in [2.45, 2.75) is 58.7 Å². The Morgan fingerprint density at radius 3 is 2.94 bits per heavy atom. The van der Waals surface area contributed by atoms with Gasteiger partial charge < -0.3 is 10.2 Å². The van der Waals surface area contributed by atoms with Gasteiger partial charge in [-0.3, -0.25) is 5.10 Å². The van der Waals surface area contributed by atoms with Crippen molar-refractivity contribution in [2.24, 2.45) is 0 Å². The summed E-state index contributed by atoms with van der Waals surface area (Å²) >= 11 is 0. The van der Waals surface area contributed by atoms with Gasteiger partial charge in [-0.2, -0.15) is 5.10 Å². The molecule has 0 amide bonds. The van der Waals surface area contributed by atoms with Crippen molar-refractivity contribution >= 4 is 0 Å². The van der Waals surface area contributed by atoms with Crippen LogP contribution >= 0.6 is 0 Å². The van der Waals surface area contributed by atoms with E-state index in [0.717, 1.165) is 6.54 Å². The minimum absolute atomic E-state index is 0.656. The molecule has 0 bridgehead atoms. The summed E-state index contributed by atoms with van der Waals surface area (Å²) in [5.74, 6) is 0. The number of rotatable bonds is 4. The van der Waals surface area contributed by atoms with E-state index in [2.05, 4.69) is 41.2 Å². The van der Waals surface area contributed by atoms with Crippen LogP contribution in [0.25, 0.3) is 0 Å². The molecular formula is C14H26N4. The second kappa shape index (κ2) is 6.34. The Labute approximate surface area is 110 Å². The Morgan fingerprint density at radius 1 is 1.44 bits per heavy atom. The molecule has 0 radical (unpaired) electrons. The highest BCUT2D eigenvalue weighted by Crippen LogP contribution is 2.14. The van der Waals surface area contributed by atoms with Gasteiger partial charge in [-0.15, -0.1) is 0 Å². The van der Waals surface area contributed by atoms with Gasteiger partial charge in [-0.1, -0.05) is 0 Å². The summed E-state index contributed by atoms with van der Waals surface area (Å²) in [5, 5.41) is 10.7. The number of likely N-dealkylation sites (tertiary alicyclic amines) is 1. The first kappa shape index (κ1) is 13.6. The molecule has 0 spiro atoms. The van der Waals surface area contributed by atoms with E-state index >= 15 is 0 Å². The number of aromatic nitrogens is 2. The molecule has 1 aromatic heterocycles. The number of H-pyrrole nitrogens is 1. The van der Waals surface area contributed by atoms with Crippen LogP contribution in [-0.2, 0) is 6.54 Å². The zero-order valence-corrected chi connectivity index (χ0v) is 11.9. The van der Waals surface area contributed by atoms with Crippen LogP contribution in [0.5, 0.6) is 0 Å².